The third-order valence-electron chi connectivity index (χ3n) is 4.46. The Morgan fingerprint density at radius 1 is 1.12 bits per heavy atom. The Hall–Kier alpha value is -2.33. The molecule has 0 unspecified atom stereocenters. The topological polar surface area (TPSA) is 38.2 Å². The zero-order valence-electron chi connectivity index (χ0n) is 13.2. The van der Waals surface area contributed by atoms with Crippen LogP contribution in [0, 0.1) is 0 Å². The zero-order valence-corrected chi connectivity index (χ0v) is 14.0. The highest BCUT2D eigenvalue weighted by Gasteiger charge is 2.26. The average Bonchev–Trinajstić information content (AvgIpc) is 3.08. The molecular formula is C19H18ClN3O. The van der Waals surface area contributed by atoms with Gasteiger partial charge in [0, 0.05) is 18.1 Å². The van der Waals surface area contributed by atoms with Crippen LogP contribution < -0.4 is 9.64 Å². The van der Waals surface area contributed by atoms with Crippen LogP contribution in [-0.2, 0) is 0 Å². The van der Waals surface area contributed by atoms with Crippen molar-refractivity contribution in [2.45, 2.75) is 18.9 Å². The lowest BCUT2D eigenvalue weighted by Crippen LogP contribution is -2.34. The molecule has 1 aliphatic rings. The molecule has 122 valence electrons. The molecule has 4 nitrogen and oxygen atoms in total. The monoisotopic (exact) mass is 339 g/mol. The Morgan fingerprint density at radius 2 is 2.00 bits per heavy atom. The molecule has 0 spiro atoms. The third kappa shape index (κ3) is 3.02. The minimum Gasteiger partial charge on any atom is -0.491 e. The van der Waals surface area contributed by atoms with Gasteiger partial charge in [0.2, 0.25) is 5.28 Å². The van der Waals surface area contributed by atoms with Gasteiger partial charge in [-0.1, -0.05) is 36.4 Å². The first kappa shape index (κ1) is 15.2. The number of hydrogen-bond donors (Lipinski definition) is 0. The minimum atomic E-state index is 0.285. The van der Waals surface area contributed by atoms with E-state index in [-0.39, 0.29) is 5.28 Å². The van der Waals surface area contributed by atoms with Crippen molar-refractivity contribution < 1.29 is 4.74 Å². The van der Waals surface area contributed by atoms with Gasteiger partial charge in [0.05, 0.1) is 6.04 Å². The van der Waals surface area contributed by atoms with Crippen molar-refractivity contribution in [1.29, 1.82) is 0 Å². The van der Waals surface area contributed by atoms with Crippen LogP contribution in [0.4, 0.5) is 5.82 Å². The molecule has 0 aliphatic carbocycles. The molecule has 2 aromatic carbocycles. The van der Waals surface area contributed by atoms with Crippen LogP contribution in [0.15, 0.2) is 54.7 Å². The highest BCUT2D eigenvalue weighted by molar-refractivity contribution is 6.28. The third-order valence-corrected chi connectivity index (χ3v) is 4.65. The lowest BCUT2D eigenvalue weighted by Gasteiger charge is -2.25. The van der Waals surface area contributed by atoms with Crippen molar-refractivity contribution in [2.75, 3.05) is 18.1 Å². The quantitative estimate of drug-likeness (QED) is 0.663. The van der Waals surface area contributed by atoms with Crippen molar-refractivity contribution in [2.24, 2.45) is 0 Å². The van der Waals surface area contributed by atoms with E-state index in [2.05, 4.69) is 33.1 Å². The number of nitrogens with zero attached hydrogens (tertiary/aromatic N) is 3. The van der Waals surface area contributed by atoms with Crippen LogP contribution in [0.25, 0.3) is 10.8 Å². The van der Waals surface area contributed by atoms with Gasteiger partial charge in [0.15, 0.2) is 0 Å². The Kier molecular flexibility index (Phi) is 4.22. The molecule has 1 aliphatic heterocycles. The number of anilines is 1. The number of benzene rings is 2. The molecule has 0 amide bonds. The van der Waals surface area contributed by atoms with Crippen LogP contribution in [0.2, 0.25) is 5.28 Å². The number of halogens is 1. The Bertz CT molecular complexity index is 849. The molecule has 4 rings (SSSR count). The van der Waals surface area contributed by atoms with E-state index in [4.69, 9.17) is 16.3 Å². The molecule has 24 heavy (non-hydrogen) atoms. The summed E-state index contributed by atoms with van der Waals surface area (Å²) in [5, 5.41) is 2.63. The first-order valence-electron chi connectivity index (χ1n) is 8.17. The van der Waals surface area contributed by atoms with Crippen molar-refractivity contribution in [1.82, 2.24) is 9.97 Å². The molecule has 5 heteroatoms. The maximum Gasteiger partial charge on any atom is 0.224 e. The number of fused-ring (bicyclic) bond motifs is 1. The maximum absolute atomic E-state index is 6.17. The second kappa shape index (κ2) is 6.65. The van der Waals surface area contributed by atoms with Crippen LogP contribution in [0.5, 0.6) is 5.75 Å². The number of aromatic nitrogens is 2. The molecule has 3 aromatic rings. The summed E-state index contributed by atoms with van der Waals surface area (Å²) in [6.07, 6.45) is 3.92. The van der Waals surface area contributed by atoms with Crippen LogP contribution >= 0.6 is 11.6 Å². The Morgan fingerprint density at radius 3 is 2.92 bits per heavy atom. The van der Waals surface area contributed by atoms with E-state index in [1.807, 2.05) is 30.3 Å². The van der Waals surface area contributed by atoms with Crippen LogP contribution in [0.1, 0.15) is 12.8 Å². The zero-order chi connectivity index (χ0) is 16.4. The number of hydrogen-bond acceptors (Lipinski definition) is 4. The maximum atomic E-state index is 6.17. The average molecular weight is 340 g/mol. The number of ether oxygens (including phenoxy) is 1. The van der Waals surface area contributed by atoms with Gasteiger partial charge >= 0.3 is 0 Å². The lowest BCUT2D eigenvalue weighted by molar-refractivity contribution is 0.291. The van der Waals surface area contributed by atoms with Crippen molar-refractivity contribution in [3.05, 3.63) is 60.0 Å². The predicted molar refractivity (Wildman–Crippen MR) is 96.9 cm³/mol. The van der Waals surface area contributed by atoms with E-state index in [1.165, 1.54) is 5.39 Å². The normalized spacial score (nSPS) is 17.4. The second-order valence-electron chi connectivity index (χ2n) is 5.96. The van der Waals surface area contributed by atoms with Gasteiger partial charge in [-0.3, -0.25) is 0 Å². The fraction of sp³-hybridized carbons (Fsp3) is 0.263. The summed E-state index contributed by atoms with van der Waals surface area (Å²) in [5.74, 6) is 1.81. The molecule has 1 saturated heterocycles. The molecule has 1 aromatic heterocycles. The van der Waals surface area contributed by atoms with Gasteiger partial charge < -0.3 is 9.64 Å². The fourth-order valence-corrected chi connectivity index (χ4v) is 3.45. The SMILES string of the molecule is Clc1nccc(N2CCC[C@@H]2COc2cccc3ccccc23)n1. The van der Waals surface area contributed by atoms with Gasteiger partial charge in [0.1, 0.15) is 18.2 Å². The largest absolute Gasteiger partial charge is 0.491 e. The summed E-state index contributed by atoms with van der Waals surface area (Å²) in [6.45, 7) is 1.60. The van der Waals surface area contributed by atoms with Crippen LogP contribution in [-0.4, -0.2) is 29.2 Å². The molecule has 0 bridgehead atoms. The van der Waals surface area contributed by atoms with Gasteiger partial charge in [0.25, 0.3) is 0 Å². The molecule has 0 N–H and O–H groups in total. The standard InChI is InChI=1S/C19H18ClN3O/c20-19-21-11-10-18(22-19)23-12-4-7-15(23)13-24-17-9-3-6-14-5-1-2-8-16(14)17/h1-3,5-6,8-11,15H,4,7,12-13H2/t15-/m1/s1. The minimum absolute atomic E-state index is 0.285. The van der Waals surface area contributed by atoms with Gasteiger partial charge in [-0.25, -0.2) is 9.97 Å². The van der Waals surface area contributed by atoms with Crippen molar-refractivity contribution >= 4 is 28.2 Å². The van der Waals surface area contributed by atoms with E-state index >= 15 is 0 Å². The van der Waals surface area contributed by atoms with Crippen LogP contribution in [0.3, 0.4) is 0 Å². The van der Waals surface area contributed by atoms with Crippen molar-refractivity contribution in [3.63, 3.8) is 0 Å². The second-order valence-corrected chi connectivity index (χ2v) is 6.30. The van der Waals surface area contributed by atoms with E-state index in [0.29, 0.717) is 12.6 Å². The van der Waals surface area contributed by atoms with Gasteiger partial charge in [-0.2, -0.15) is 0 Å². The summed E-state index contributed by atoms with van der Waals surface area (Å²) in [5.41, 5.74) is 0. The Labute approximate surface area is 146 Å². The van der Waals surface area contributed by atoms with Gasteiger partial charge in [-0.15, -0.1) is 0 Å². The van der Waals surface area contributed by atoms with E-state index in [9.17, 15) is 0 Å². The lowest BCUT2D eigenvalue weighted by atomic mass is 10.1. The summed E-state index contributed by atoms with van der Waals surface area (Å²) < 4.78 is 6.17. The predicted octanol–water partition coefficient (Wildman–Crippen LogP) is 4.33. The number of rotatable bonds is 4. The highest BCUT2D eigenvalue weighted by atomic mass is 35.5. The summed E-state index contributed by atoms with van der Waals surface area (Å²) in [6, 6.07) is 16.7. The fourth-order valence-electron chi connectivity index (χ4n) is 3.30. The summed E-state index contributed by atoms with van der Waals surface area (Å²) >= 11 is 5.93. The molecule has 1 atom stereocenters. The summed E-state index contributed by atoms with van der Waals surface area (Å²) in [4.78, 5) is 10.6. The molecular weight excluding hydrogens is 322 g/mol. The van der Waals surface area contributed by atoms with E-state index in [0.717, 1.165) is 36.3 Å². The molecule has 1 fully saturated rings. The van der Waals surface area contributed by atoms with Gasteiger partial charge in [-0.05, 0) is 42.0 Å². The molecule has 0 radical (unpaired) electrons. The van der Waals surface area contributed by atoms with E-state index < -0.39 is 0 Å². The Balaban J connectivity index is 1.52. The summed E-state index contributed by atoms with van der Waals surface area (Å²) in [7, 11) is 0. The first-order chi connectivity index (χ1) is 11.8. The smallest absolute Gasteiger partial charge is 0.224 e. The molecule has 2 heterocycles. The first-order valence-corrected chi connectivity index (χ1v) is 8.55. The molecule has 0 saturated carbocycles. The highest BCUT2D eigenvalue weighted by Crippen LogP contribution is 2.28. The van der Waals surface area contributed by atoms with E-state index in [1.54, 1.807) is 6.20 Å². The van der Waals surface area contributed by atoms with Crippen molar-refractivity contribution in [3.8, 4) is 5.75 Å².